The number of hydrogen-bond acceptors (Lipinski definition) is 8. The van der Waals surface area contributed by atoms with Crippen molar-refractivity contribution in [1.29, 1.82) is 0 Å². The molecule has 1 aromatic heterocycles. The van der Waals surface area contributed by atoms with E-state index in [0.717, 1.165) is 16.8 Å². The molecule has 3 rings (SSSR count). The maximum atomic E-state index is 13.5. The number of sulfonamides is 1. The fourth-order valence-electron chi connectivity index (χ4n) is 3.55. The molecular formula is C23H27FN2O8S2. The van der Waals surface area contributed by atoms with E-state index in [1.165, 1.54) is 43.4 Å². The highest BCUT2D eigenvalue weighted by Gasteiger charge is 2.28. The van der Waals surface area contributed by atoms with Crippen LogP contribution in [0.1, 0.15) is 24.2 Å². The first-order valence-electron chi connectivity index (χ1n) is 10.8. The van der Waals surface area contributed by atoms with Gasteiger partial charge in [-0.25, -0.2) is 12.8 Å². The number of carbonyl (C=O) groups is 1. The molecule has 0 aliphatic carbocycles. The number of fused-ring (bicyclic) bond motifs is 1. The molecule has 1 amide bonds. The van der Waals surface area contributed by atoms with Crippen LogP contribution in [0.2, 0.25) is 0 Å². The number of amides is 1. The summed E-state index contributed by atoms with van der Waals surface area (Å²) in [5, 5.41) is 2.89. The molecule has 0 atom stereocenters. The maximum Gasteiger partial charge on any atom is 0.264 e. The van der Waals surface area contributed by atoms with Gasteiger partial charge in [-0.15, -0.1) is 0 Å². The van der Waals surface area contributed by atoms with Crippen LogP contribution in [0.3, 0.4) is 0 Å². The minimum Gasteiger partial charge on any atom is -0.489 e. The zero-order valence-electron chi connectivity index (χ0n) is 20.4. The van der Waals surface area contributed by atoms with Gasteiger partial charge in [0.25, 0.3) is 16.0 Å². The standard InChI is InChI=1S/C23H27FN2O8S2/c1-14(2)33-20-12-17-19(13-18(20)26(35(4,28)29)10-11-32-36(5,30)31)34-22(21(17)23(27)25-3)15-6-8-16(24)9-7-15/h6-9,12-14H,10-11H2,1-5H3,(H,25,27). The van der Waals surface area contributed by atoms with Crippen molar-refractivity contribution in [3.05, 3.63) is 47.8 Å². The van der Waals surface area contributed by atoms with Gasteiger partial charge in [0.2, 0.25) is 10.0 Å². The van der Waals surface area contributed by atoms with Crippen LogP contribution in [0.4, 0.5) is 10.1 Å². The Labute approximate surface area is 209 Å². The molecule has 0 unspecified atom stereocenters. The maximum absolute atomic E-state index is 13.5. The molecule has 0 aliphatic rings. The summed E-state index contributed by atoms with van der Waals surface area (Å²) in [4.78, 5) is 12.8. The van der Waals surface area contributed by atoms with E-state index in [1.807, 2.05) is 0 Å². The Morgan fingerprint density at radius 1 is 1.11 bits per heavy atom. The normalized spacial score (nSPS) is 12.2. The van der Waals surface area contributed by atoms with E-state index in [-0.39, 0.29) is 41.0 Å². The van der Waals surface area contributed by atoms with Crippen LogP contribution in [-0.4, -0.2) is 61.6 Å². The van der Waals surface area contributed by atoms with Gasteiger partial charge in [-0.2, -0.15) is 8.42 Å². The number of carbonyl (C=O) groups excluding carboxylic acids is 1. The van der Waals surface area contributed by atoms with E-state index >= 15 is 0 Å². The van der Waals surface area contributed by atoms with Gasteiger partial charge >= 0.3 is 0 Å². The Hall–Kier alpha value is -3.16. The second kappa shape index (κ2) is 10.4. The van der Waals surface area contributed by atoms with Crippen molar-refractivity contribution < 1.29 is 39.4 Å². The molecule has 0 radical (unpaired) electrons. The van der Waals surface area contributed by atoms with Crippen LogP contribution >= 0.6 is 0 Å². The summed E-state index contributed by atoms with van der Waals surface area (Å²) in [7, 11) is -6.28. The zero-order valence-corrected chi connectivity index (χ0v) is 22.0. The van der Waals surface area contributed by atoms with Crippen molar-refractivity contribution in [2.75, 3.05) is 37.0 Å². The lowest BCUT2D eigenvalue weighted by Gasteiger charge is -2.25. The molecule has 0 aliphatic heterocycles. The first-order valence-corrected chi connectivity index (χ1v) is 14.4. The average molecular weight is 543 g/mol. The number of nitrogens with one attached hydrogen (secondary N) is 1. The van der Waals surface area contributed by atoms with Crippen LogP contribution < -0.4 is 14.4 Å². The molecule has 0 saturated heterocycles. The van der Waals surface area contributed by atoms with E-state index < -0.39 is 38.5 Å². The molecule has 10 nitrogen and oxygen atoms in total. The Kier molecular flexibility index (Phi) is 7.96. The fraction of sp³-hybridized carbons (Fsp3) is 0.348. The summed E-state index contributed by atoms with van der Waals surface area (Å²) in [5.41, 5.74) is 0.821. The van der Waals surface area contributed by atoms with Crippen LogP contribution in [0.25, 0.3) is 22.3 Å². The smallest absolute Gasteiger partial charge is 0.264 e. The Morgan fingerprint density at radius 3 is 2.28 bits per heavy atom. The second-order valence-electron chi connectivity index (χ2n) is 8.24. The minimum atomic E-state index is -3.93. The Morgan fingerprint density at radius 2 is 1.75 bits per heavy atom. The molecule has 13 heteroatoms. The highest BCUT2D eigenvalue weighted by molar-refractivity contribution is 7.92. The van der Waals surface area contributed by atoms with Crippen molar-refractivity contribution in [2.24, 2.45) is 0 Å². The number of rotatable bonds is 10. The van der Waals surface area contributed by atoms with Crippen molar-refractivity contribution in [1.82, 2.24) is 5.32 Å². The van der Waals surface area contributed by atoms with Gasteiger partial charge in [0, 0.05) is 24.1 Å². The van der Waals surface area contributed by atoms with Gasteiger partial charge in [-0.3, -0.25) is 13.3 Å². The number of furan rings is 1. The SMILES string of the molecule is CNC(=O)c1c(-c2ccc(F)cc2)oc2cc(N(CCOS(C)(=O)=O)S(C)(=O)=O)c(OC(C)C)cc12. The molecular weight excluding hydrogens is 515 g/mol. The van der Waals surface area contributed by atoms with E-state index in [1.54, 1.807) is 13.8 Å². The Balaban J connectivity index is 2.27. The molecule has 36 heavy (non-hydrogen) atoms. The number of benzene rings is 2. The lowest BCUT2D eigenvalue weighted by atomic mass is 10.0. The quantitative estimate of drug-likeness (QED) is 0.387. The van der Waals surface area contributed by atoms with Gasteiger partial charge < -0.3 is 14.5 Å². The summed E-state index contributed by atoms with van der Waals surface area (Å²) in [6.45, 7) is 2.71. The molecule has 1 N–H and O–H groups in total. The number of ether oxygens (including phenoxy) is 1. The third-order valence-electron chi connectivity index (χ3n) is 4.95. The van der Waals surface area contributed by atoms with Crippen molar-refractivity contribution in [2.45, 2.75) is 20.0 Å². The summed E-state index contributed by atoms with van der Waals surface area (Å²) in [6.07, 6.45) is 1.44. The van der Waals surface area contributed by atoms with E-state index in [2.05, 4.69) is 5.32 Å². The topological polar surface area (TPSA) is 132 Å². The summed E-state index contributed by atoms with van der Waals surface area (Å²) in [5.74, 6) is -0.661. The minimum absolute atomic E-state index is 0.0682. The first-order chi connectivity index (χ1) is 16.7. The predicted molar refractivity (Wildman–Crippen MR) is 134 cm³/mol. The molecule has 196 valence electrons. The predicted octanol–water partition coefficient (Wildman–Crippen LogP) is 3.13. The average Bonchev–Trinajstić information content (AvgIpc) is 3.12. The molecule has 0 fully saturated rings. The largest absolute Gasteiger partial charge is 0.489 e. The number of nitrogens with zero attached hydrogens (tertiary/aromatic N) is 1. The summed E-state index contributed by atoms with van der Waals surface area (Å²) < 4.78 is 79.2. The van der Waals surface area contributed by atoms with Gasteiger partial charge in [0.15, 0.2) is 0 Å². The molecule has 0 saturated carbocycles. The monoisotopic (exact) mass is 542 g/mol. The number of halogens is 1. The van der Waals surface area contributed by atoms with Crippen LogP contribution in [0, 0.1) is 5.82 Å². The first kappa shape index (κ1) is 27.4. The lowest BCUT2D eigenvalue weighted by molar-refractivity contribution is 0.0964. The lowest BCUT2D eigenvalue weighted by Crippen LogP contribution is -2.34. The van der Waals surface area contributed by atoms with Gasteiger partial charge in [0.1, 0.15) is 22.9 Å². The van der Waals surface area contributed by atoms with Gasteiger partial charge in [0.05, 0.1) is 43.0 Å². The van der Waals surface area contributed by atoms with E-state index in [4.69, 9.17) is 13.3 Å². The van der Waals surface area contributed by atoms with Gasteiger partial charge in [-0.05, 0) is 44.2 Å². The summed E-state index contributed by atoms with van der Waals surface area (Å²) >= 11 is 0. The molecule has 2 aromatic carbocycles. The van der Waals surface area contributed by atoms with E-state index in [9.17, 15) is 26.0 Å². The van der Waals surface area contributed by atoms with Crippen molar-refractivity contribution in [3.63, 3.8) is 0 Å². The fourth-order valence-corrected chi connectivity index (χ4v) is 4.83. The third-order valence-corrected chi connectivity index (χ3v) is 6.73. The molecule has 3 aromatic rings. The highest BCUT2D eigenvalue weighted by atomic mass is 32.2. The van der Waals surface area contributed by atoms with E-state index in [0.29, 0.717) is 10.9 Å². The zero-order chi connectivity index (χ0) is 26.8. The molecule has 1 heterocycles. The second-order valence-corrected chi connectivity index (χ2v) is 11.8. The van der Waals surface area contributed by atoms with Crippen LogP contribution in [0.15, 0.2) is 40.8 Å². The van der Waals surface area contributed by atoms with Crippen molar-refractivity contribution >= 4 is 42.7 Å². The highest BCUT2D eigenvalue weighted by Crippen LogP contribution is 2.41. The van der Waals surface area contributed by atoms with Crippen LogP contribution in [0.5, 0.6) is 5.75 Å². The number of hydrogen-bond donors (Lipinski definition) is 1. The number of anilines is 1. The summed E-state index contributed by atoms with van der Waals surface area (Å²) in [6, 6.07) is 8.24. The Bertz CT molecular complexity index is 1480. The van der Waals surface area contributed by atoms with Gasteiger partial charge in [-0.1, -0.05) is 0 Å². The van der Waals surface area contributed by atoms with Crippen molar-refractivity contribution in [3.8, 4) is 17.1 Å². The molecule has 0 bridgehead atoms. The third kappa shape index (κ3) is 6.33. The van der Waals surface area contributed by atoms with Crippen LogP contribution in [-0.2, 0) is 24.3 Å². The molecule has 0 spiro atoms.